The number of fused-ring (bicyclic) bond motifs is 3. The van der Waals surface area contributed by atoms with Crippen LogP contribution >= 0.6 is 23.4 Å². The molecule has 0 aliphatic carbocycles. The molecule has 3 aliphatic rings. The summed E-state index contributed by atoms with van der Waals surface area (Å²) < 4.78 is 11.5. The summed E-state index contributed by atoms with van der Waals surface area (Å²) in [6.07, 6.45) is 2.01. The third-order valence-corrected chi connectivity index (χ3v) is 8.27. The number of anilines is 1. The number of ether oxygens (including phenoxy) is 2. The highest BCUT2D eigenvalue weighted by Crippen LogP contribution is 2.52. The molecule has 5 rings (SSSR count). The van der Waals surface area contributed by atoms with Gasteiger partial charge < -0.3 is 19.3 Å². The van der Waals surface area contributed by atoms with Crippen LogP contribution in [0.5, 0.6) is 5.75 Å². The van der Waals surface area contributed by atoms with Crippen LogP contribution in [0, 0.1) is 0 Å². The lowest BCUT2D eigenvalue weighted by Gasteiger charge is -2.39. The van der Waals surface area contributed by atoms with E-state index in [1.54, 1.807) is 0 Å². The molecule has 1 saturated heterocycles. The van der Waals surface area contributed by atoms with Gasteiger partial charge in [0.15, 0.2) is 0 Å². The summed E-state index contributed by atoms with van der Waals surface area (Å²) in [5.74, 6) is 2.17. The predicted molar refractivity (Wildman–Crippen MR) is 144 cm³/mol. The van der Waals surface area contributed by atoms with Gasteiger partial charge in [0.2, 0.25) is 0 Å². The molecule has 0 aromatic heterocycles. The second-order valence-corrected chi connectivity index (χ2v) is 12.5. The minimum atomic E-state index is -0.493. The van der Waals surface area contributed by atoms with Gasteiger partial charge in [-0.1, -0.05) is 11.6 Å². The second-order valence-electron chi connectivity index (χ2n) is 11.0. The zero-order chi connectivity index (χ0) is 24.9. The Hall–Kier alpha value is -2.05. The highest BCUT2D eigenvalue weighted by molar-refractivity contribution is 7.99. The number of hydrogen-bond donors (Lipinski definition) is 0. The van der Waals surface area contributed by atoms with Crippen LogP contribution in [0.3, 0.4) is 0 Å². The Morgan fingerprint density at radius 3 is 2.69 bits per heavy atom. The van der Waals surface area contributed by atoms with Crippen LogP contribution in [0.4, 0.5) is 10.5 Å². The minimum absolute atomic E-state index is 0.101. The molecule has 1 amide bonds. The fourth-order valence-electron chi connectivity index (χ4n) is 5.53. The monoisotopic (exact) mass is 514 g/mol. The fourth-order valence-corrected chi connectivity index (χ4v) is 6.89. The summed E-state index contributed by atoms with van der Waals surface area (Å²) in [5.41, 5.74) is 4.36. The van der Waals surface area contributed by atoms with E-state index in [0.29, 0.717) is 17.6 Å². The number of piperidine rings is 1. The van der Waals surface area contributed by atoms with Crippen LogP contribution in [0.2, 0.25) is 5.02 Å². The largest absolute Gasteiger partial charge is 0.491 e. The van der Waals surface area contributed by atoms with Crippen molar-refractivity contribution in [2.45, 2.75) is 76.0 Å². The molecule has 0 radical (unpaired) electrons. The Morgan fingerprint density at radius 1 is 1.17 bits per heavy atom. The first-order valence-corrected chi connectivity index (χ1v) is 14.0. The van der Waals surface area contributed by atoms with Crippen LogP contribution < -0.4 is 9.64 Å². The van der Waals surface area contributed by atoms with Crippen molar-refractivity contribution in [1.29, 1.82) is 0 Å². The summed E-state index contributed by atoms with van der Waals surface area (Å²) in [6.45, 7) is 12.3. The molecule has 5 nitrogen and oxygen atoms in total. The molecule has 0 bridgehead atoms. The second kappa shape index (κ2) is 9.44. The quantitative estimate of drug-likeness (QED) is 0.433. The van der Waals surface area contributed by atoms with Gasteiger partial charge >= 0.3 is 6.09 Å². The highest BCUT2D eigenvalue weighted by Gasteiger charge is 2.45. The number of amides is 1. The fraction of sp³-hybridized carbons (Fsp3) is 0.536. The van der Waals surface area contributed by atoms with Gasteiger partial charge in [0.25, 0.3) is 0 Å². The Balaban J connectivity index is 1.51. The average Bonchev–Trinajstić information content (AvgIpc) is 2.92. The normalized spacial score (nSPS) is 21.5. The maximum atomic E-state index is 12.9. The number of hydrogen-bond acceptors (Lipinski definition) is 5. The molecule has 2 atom stereocenters. The van der Waals surface area contributed by atoms with E-state index in [9.17, 15) is 4.79 Å². The molecule has 2 aromatic rings. The molecule has 0 unspecified atom stereocenters. The number of halogens is 1. The van der Waals surface area contributed by atoms with Gasteiger partial charge in [0.1, 0.15) is 11.4 Å². The first-order chi connectivity index (χ1) is 16.6. The van der Waals surface area contributed by atoms with E-state index in [4.69, 9.17) is 21.1 Å². The van der Waals surface area contributed by atoms with Crippen molar-refractivity contribution in [2.75, 3.05) is 30.3 Å². The van der Waals surface area contributed by atoms with Gasteiger partial charge in [-0.3, -0.25) is 0 Å². The molecule has 3 heterocycles. The Labute approximate surface area is 218 Å². The van der Waals surface area contributed by atoms with E-state index < -0.39 is 5.60 Å². The molecule has 0 N–H and O–H groups in total. The van der Waals surface area contributed by atoms with Crippen molar-refractivity contribution < 1.29 is 14.3 Å². The molecule has 2 aromatic carbocycles. The van der Waals surface area contributed by atoms with E-state index >= 15 is 0 Å². The van der Waals surface area contributed by atoms with Crippen molar-refractivity contribution in [1.82, 2.24) is 4.90 Å². The lowest BCUT2D eigenvalue weighted by atomic mass is 9.88. The number of likely N-dealkylation sites (tertiary alicyclic amines) is 1. The van der Waals surface area contributed by atoms with E-state index in [0.717, 1.165) is 48.6 Å². The zero-order valence-corrected chi connectivity index (χ0v) is 22.8. The number of carbonyl (C=O) groups excluding carboxylic acids is 1. The standard InChI is InChI=1S/C28H35ClN2O3S/c1-17(2)33-19-7-8-20(23(29)15-19)18-13-21-22-16-30(27(32)34-28(3,4)5)11-9-24(22)31-10-6-12-35-25(14-18)26(21)31/h7-8,13-15,17,22,24H,6,9-12,16H2,1-5H3/t22-,24-/m0/s1. The maximum absolute atomic E-state index is 12.9. The van der Waals surface area contributed by atoms with Crippen molar-refractivity contribution in [2.24, 2.45) is 0 Å². The summed E-state index contributed by atoms with van der Waals surface area (Å²) in [7, 11) is 0. The van der Waals surface area contributed by atoms with Gasteiger partial charge in [0.05, 0.1) is 16.8 Å². The first-order valence-electron chi connectivity index (χ1n) is 12.6. The van der Waals surface area contributed by atoms with Gasteiger partial charge in [-0.2, -0.15) is 0 Å². The molecule has 35 heavy (non-hydrogen) atoms. The van der Waals surface area contributed by atoms with E-state index in [1.807, 2.05) is 63.4 Å². The van der Waals surface area contributed by atoms with E-state index in [1.165, 1.54) is 16.1 Å². The number of rotatable bonds is 3. The molecule has 7 heteroatoms. The highest BCUT2D eigenvalue weighted by atomic mass is 35.5. The topological polar surface area (TPSA) is 42.0 Å². The molecule has 3 aliphatic heterocycles. The predicted octanol–water partition coefficient (Wildman–Crippen LogP) is 7.20. The van der Waals surface area contributed by atoms with Crippen LogP contribution in [-0.4, -0.2) is 54.1 Å². The minimum Gasteiger partial charge on any atom is -0.491 e. The summed E-state index contributed by atoms with van der Waals surface area (Å²) in [4.78, 5) is 18.7. The Bertz CT molecular complexity index is 1130. The lowest BCUT2D eigenvalue weighted by molar-refractivity contribution is 0.0189. The van der Waals surface area contributed by atoms with Crippen molar-refractivity contribution in [3.05, 3.63) is 40.9 Å². The Morgan fingerprint density at radius 2 is 1.97 bits per heavy atom. The van der Waals surface area contributed by atoms with Crippen molar-refractivity contribution in [3.8, 4) is 16.9 Å². The molecule has 0 saturated carbocycles. The van der Waals surface area contributed by atoms with E-state index in [-0.39, 0.29) is 18.1 Å². The Kier molecular flexibility index (Phi) is 6.64. The average molecular weight is 515 g/mol. The van der Waals surface area contributed by atoms with Gasteiger partial charge in [-0.25, -0.2) is 4.79 Å². The first kappa shape index (κ1) is 24.6. The van der Waals surface area contributed by atoms with Crippen LogP contribution in [0.25, 0.3) is 11.1 Å². The third-order valence-electron chi connectivity index (χ3n) is 6.84. The number of benzene rings is 2. The van der Waals surface area contributed by atoms with Crippen LogP contribution in [-0.2, 0) is 4.74 Å². The third kappa shape index (κ3) is 4.97. The molecular weight excluding hydrogens is 480 g/mol. The maximum Gasteiger partial charge on any atom is 0.410 e. The summed E-state index contributed by atoms with van der Waals surface area (Å²) in [6, 6.07) is 11.0. The van der Waals surface area contributed by atoms with Crippen LogP contribution in [0.1, 0.15) is 58.9 Å². The zero-order valence-electron chi connectivity index (χ0n) is 21.3. The van der Waals surface area contributed by atoms with E-state index in [2.05, 4.69) is 23.1 Å². The number of carbonyl (C=O) groups is 1. The SMILES string of the molecule is CC(C)Oc1ccc(-c2cc3c4c(c2)[C@@H]2CN(C(=O)OC(C)(C)C)CC[C@@H]2N4CCCS3)c(Cl)c1. The van der Waals surface area contributed by atoms with Gasteiger partial charge in [-0.15, -0.1) is 11.8 Å². The summed E-state index contributed by atoms with van der Waals surface area (Å²) >= 11 is 8.71. The number of nitrogens with zero attached hydrogens (tertiary/aromatic N) is 2. The molecule has 0 spiro atoms. The molecule has 188 valence electrons. The molecular formula is C28H35ClN2O3S. The van der Waals surface area contributed by atoms with Crippen molar-refractivity contribution in [3.63, 3.8) is 0 Å². The van der Waals surface area contributed by atoms with Crippen molar-refractivity contribution >= 4 is 35.1 Å². The number of thioether (sulfide) groups is 1. The van der Waals surface area contributed by atoms with Gasteiger partial charge in [-0.05, 0) is 94.7 Å². The molecule has 1 fully saturated rings. The summed E-state index contributed by atoms with van der Waals surface area (Å²) in [5, 5.41) is 0.694. The lowest BCUT2D eigenvalue weighted by Crippen LogP contribution is -2.49. The van der Waals surface area contributed by atoms with Crippen LogP contribution in [0.15, 0.2) is 35.2 Å². The van der Waals surface area contributed by atoms with Gasteiger partial charge in [0, 0.05) is 42.1 Å². The smallest absolute Gasteiger partial charge is 0.410 e.